The minimum Gasteiger partial charge on any atom is -0.493 e. The van der Waals surface area contributed by atoms with Crippen LogP contribution in [0.2, 0.25) is 0 Å². The van der Waals surface area contributed by atoms with E-state index in [2.05, 4.69) is 86.5 Å². The molecule has 3 aliphatic rings. The quantitative estimate of drug-likeness (QED) is 0.216. The first-order chi connectivity index (χ1) is 21.0. The van der Waals surface area contributed by atoms with Crippen LogP contribution in [0.4, 0.5) is 0 Å². The molecule has 0 amide bonds. The van der Waals surface area contributed by atoms with Crippen LogP contribution in [0.1, 0.15) is 33.7 Å². The third-order valence-corrected chi connectivity index (χ3v) is 9.94. The number of hydrogen-bond donors (Lipinski definition) is 0. The molecule has 7 rings (SSSR count). The Morgan fingerprint density at radius 3 is 2.00 bits per heavy atom. The van der Waals surface area contributed by atoms with Gasteiger partial charge >= 0.3 is 0 Å². The van der Waals surface area contributed by atoms with Crippen LogP contribution in [0.25, 0.3) is 16.8 Å². The van der Waals surface area contributed by atoms with Gasteiger partial charge in [0.15, 0.2) is 11.5 Å². The molecular formula is C36H25Br2N3O2. The van der Waals surface area contributed by atoms with Gasteiger partial charge in [0.1, 0.15) is 11.8 Å². The van der Waals surface area contributed by atoms with Crippen LogP contribution < -0.4 is 9.47 Å². The van der Waals surface area contributed by atoms with Crippen molar-refractivity contribution < 1.29 is 9.47 Å². The predicted octanol–water partition coefficient (Wildman–Crippen LogP) is 8.49. The van der Waals surface area contributed by atoms with Crippen molar-refractivity contribution in [3.63, 3.8) is 0 Å². The molecule has 43 heavy (non-hydrogen) atoms. The van der Waals surface area contributed by atoms with E-state index in [9.17, 15) is 10.5 Å². The van der Waals surface area contributed by atoms with Gasteiger partial charge in [-0.3, -0.25) is 0 Å². The molecule has 2 aliphatic heterocycles. The number of allylic oxidation sites excluding steroid dienone is 3. The fraction of sp³-hybridized carbons (Fsp3) is 0.167. The first kappa shape index (κ1) is 27.5. The number of ether oxygens (including phenoxy) is 2. The number of benzene rings is 4. The summed E-state index contributed by atoms with van der Waals surface area (Å²) < 4.78 is 13.2. The third-order valence-electron chi connectivity index (χ3n) is 8.95. The number of rotatable bonds is 3. The largest absolute Gasteiger partial charge is 0.493 e. The number of nitrogens with zero attached hydrogens (tertiary/aromatic N) is 3. The zero-order chi connectivity index (χ0) is 29.9. The summed E-state index contributed by atoms with van der Waals surface area (Å²) >= 11 is 7.46. The Morgan fingerprint density at radius 1 is 0.791 bits per heavy atom. The molecule has 1 aliphatic carbocycles. The average Bonchev–Trinajstić information content (AvgIpc) is 3.22. The van der Waals surface area contributed by atoms with Crippen molar-refractivity contribution in [1.29, 1.82) is 10.5 Å². The van der Waals surface area contributed by atoms with Gasteiger partial charge in [-0.15, -0.1) is 0 Å². The molecule has 1 atom stereocenters. The highest BCUT2D eigenvalue weighted by Gasteiger charge is 2.55. The second-order valence-electron chi connectivity index (χ2n) is 10.8. The number of methoxy groups -OCH3 is 2. The van der Waals surface area contributed by atoms with Crippen LogP contribution >= 0.6 is 31.9 Å². The molecular weight excluding hydrogens is 666 g/mol. The van der Waals surface area contributed by atoms with Crippen molar-refractivity contribution in [3.8, 4) is 34.8 Å². The Balaban J connectivity index is 1.67. The van der Waals surface area contributed by atoms with Crippen molar-refractivity contribution >= 4 is 37.6 Å². The highest BCUT2D eigenvalue weighted by molar-refractivity contribution is 9.10. The molecule has 2 heterocycles. The molecule has 0 fully saturated rings. The van der Waals surface area contributed by atoms with Crippen molar-refractivity contribution in [2.75, 3.05) is 20.8 Å². The number of halogens is 2. The van der Waals surface area contributed by atoms with Gasteiger partial charge in [0.05, 0.1) is 31.3 Å². The van der Waals surface area contributed by atoms with E-state index in [1.165, 1.54) is 0 Å². The summed E-state index contributed by atoms with van der Waals surface area (Å²) in [6.07, 6.45) is 2.95. The third kappa shape index (κ3) is 3.92. The number of fused-ring (bicyclic) bond motifs is 8. The zero-order valence-corrected chi connectivity index (χ0v) is 26.7. The first-order valence-electron chi connectivity index (χ1n) is 13.9. The lowest BCUT2D eigenvalue weighted by Crippen LogP contribution is -2.35. The number of hydrogen-bond acceptors (Lipinski definition) is 5. The Hall–Kier alpha value is -4.30. The Morgan fingerprint density at radius 2 is 1.42 bits per heavy atom. The molecule has 0 bridgehead atoms. The van der Waals surface area contributed by atoms with E-state index >= 15 is 0 Å². The van der Waals surface area contributed by atoms with Gasteiger partial charge in [0.25, 0.3) is 0 Å². The summed E-state index contributed by atoms with van der Waals surface area (Å²) in [5.41, 5.74) is 7.95. The maximum Gasteiger partial charge on any atom is 0.161 e. The second kappa shape index (κ2) is 10.5. The van der Waals surface area contributed by atoms with Gasteiger partial charge in [0.2, 0.25) is 0 Å². The van der Waals surface area contributed by atoms with Gasteiger partial charge in [-0.05, 0) is 76.2 Å². The fourth-order valence-electron chi connectivity index (χ4n) is 7.21. The van der Waals surface area contributed by atoms with E-state index in [1.807, 2.05) is 47.4 Å². The number of nitriles is 2. The van der Waals surface area contributed by atoms with Gasteiger partial charge in [-0.1, -0.05) is 80.4 Å². The Kier molecular flexibility index (Phi) is 6.69. The summed E-state index contributed by atoms with van der Waals surface area (Å²) in [5, 5.41) is 22.1. The molecule has 4 aromatic carbocycles. The van der Waals surface area contributed by atoms with E-state index in [0.29, 0.717) is 35.7 Å². The summed E-state index contributed by atoms with van der Waals surface area (Å²) in [6.45, 7) is 0.552. The summed E-state index contributed by atoms with van der Waals surface area (Å²) in [6, 6.07) is 32.0. The van der Waals surface area contributed by atoms with Crippen molar-refractivity contribution in [2.45, 2.75) is 17.8 Å². The van der Waals surface area contributed by atoms with E-state index in [1.54, 1.807) is 14.2 Å². The molecule has 0 saturated carbocycles. The molecule has 0 radical (unpaired) electrons. The molecule has 1 spiro atoms. The van der Waals surface area contributed by atoms with Crippen molar-refractivity contribution in [2.24, 2.45) is 0 Å². The normalized spacial score (nSPS) is 17.5. The van der Waals surface area contributed by atoms with E-state index in [-0.39, 0.29) is 5.92 Å². The maximum atomic E-state index is 11.2. The second-order valence-corrected chi connectivity index (χ2v) is 12.7. The SMILES string of the molecule is COc1cc2c(cc1OC)C1=CC(c3ccccc3)C3(C(C#N)=C(C#N)N1CC2)c1cc(Br)ccc1-c1ccc(Br)cc13. The lowest BCUT2D eigenvalue weighted by atomic mass is 9.61. The van der Waals surface area contributed by atoms with Crippen LogP contribution in [-0.2, 0) is 11.8 Å². The van der Waals surface area contributed by atoms with Crippen LogP contribution in [0.5, 0.6) is 11.5 Å². The van der Waals surface area contributed by atoms with Gasteiger partial charge in [0, 0.05) is 32.7 Å². The highest BCUT2D eigenvalue weighted by atomic mass is 79.9. The molecule has 0 saturated heterocycles. The molecule has 0 aromatic heterocycles. The Bertz CT molecular complexity index is 1920. The lowest BCUT2D eigenvalue weighted by molar-refractivity contribution is 0.353. The van der Waals surface area contributed by atoms with E-state index in [4.69, 9.17) is 9.47 Å². The molecule has 5 nitrogen and oxygen atoms in total. The van der Waals surface area contributed by atoms with Crippen LogP contribution in [-0.4, -0.2) is 25.7 Å². The van der Waals surface area contributed by atoms with Crippen LogP contribution in [0.3, 0.4) is 0 Å². The van der Waals surface area contributed by atoms with Gasteiger partial charge in [-0.25, -0.2) is 0 Å². The Labute approximate surface area is 267 Å². The molecule has 210 valence electrons. The van der Waals surface area contributed by atoms with Crippen LogP contribution in [0.15, 0.2) is 105 Å². The molecule has 4 aromatic rings. The van der Waals surface area contributed by atoms with E-state index < -0.39 is 5.41 Å². The highest BCUT2D eigenvalue weighted by Crippen LogP contribution is 2.62. The monoisotopic (exact) mass is 689 g/mol. The lowest BCUT2D eigenvalue weighted by Gasteiger charge is -2.38. The summed E-state index contributed by atoms with van der Waals surface area (Å²) in [5.74, 6) is 0.961. The minimum atomic E-state index is -0.972. The minimum absolute atomic E-state index is 0.325. The average molecular weight is 691 g/mol. The standard InChI is InChI=1S/C36H25Br2N3O2/c1-42-34-14-22-12-13-41-32(27(22)17-35(34)43-2)18-28(21-6-4-3-5-7-21)36(31(19-39)33(41)20-40)29-15-23(37)8-10-25(29)26-11-9-24(38)16-30(26)36/h3-11,14-18,28H,12-13H2,1-2H3. The van der Waals surface area contributed by atoms with Crippen molar-refractivity contribution in [1.82, 2.24) is 4.90 Å². The van der Waals surface area contributed by atoms with Gasteiger partial charge < -0.3 is 14.4 Å². The molecule has 7 heteroatoms. The summed E-state index contributed by atoms with van der Waals surface area (Å²) in [7, 11) is 3.27. The van der Waals surface area contributed by atoms with Crippen molar-refractivity contribution in [3.05, 3.63) is 133 Å². The molecule has 1 unspecified atom stereocenters. The maximum absolute atomic E-state index is 11.2. The van der Waals surface area contributed by atoms with E-state index in [0.717, 1.165) is 53.6 Å². The topological polar surface area (TPSA) is 69.3 Å². The predicted molar refractivity (Wildman–Crippen MR) is 173 cm³/mol. The molecule has 0 N–H and O–H groups in total. The first-order valence-corrected chi connectivity index (χ1v) is 15.5. The summed E-state index contributed by atoms with van der Waals surface area (Å²) in [4.78, 5) is 2.03. The smallest absolute Gasteiger partial charge is 0.161 e. The fourth-order valence-corrected chi connectivity index (χ4v) is 7.93. The zero-order valence-electron chi connectivity index (χ0n) is 23.5. The van der Waals surface area contributed by atoms with Crippen LogP contribution in [0, 0.1) is 22.7 Å². The van der Waals surface area contributed by atoms with Gasteiger partial charge in [-0.2, -0.15) is 10.5 Å².